The van der Waals surface area contributed by atoms with E-state index in [1.54, 1.807) is 6.07 Å². The monoisotopic (exact) mass is 341 g/mol. The van der Waals surface area contributed by atoms with Gasteiger partial charge in [-0.1, -0.05) is 24.1 Å². The van der Waals surface area contributed by atoms with Crippen LogP contribution in [0.1, 0.15) is 24.8 Å². The third-order valence-electron chi connectivity index (χ3n) is 4.87. The number of aliphatic hydroxyl groups is 1. The van der Waals surface area contributed by atoms with Crippen LogP contribution in [0.15, 0.2) is 18.2 Å². The van der Waals surface area contributed by atoms with Gasteiger partial charge in [0.2, 0.25) is 5.91 Å². The number of nitrogens with zero attached hydrogens (tertiary/aromatic N) is 1. The molecule has 0 spiro atoms. The van der Waals surface area contributed by atoms with E-state index in [0.29, 0.717) is 25.3 Å². The number of benzene rings is 1. The zero-order valence-electron chi connectivity index (χ0n) is 12.9. The van der Waals surface area contributed by atoms with Crippen molar-refractivity contribution >= 4 is 17.5 Å². The molecule has 23 heavy (non-hydrogen) atoms. The van der Waals surface area contributed by atoms with Gasteiger partial charge in [-0.05, 0) is 30.5 Å². The normalized spacial score (nSPS) is 28.1. The summed E-state index contributed by atoms with van der Waals surface area (Å²) in [6, 6.07) is 4.00. The van der Waals surface area contributed by atoms with E-state index in [9.17, 15) is 14.3 Å². The maximum Gasteiger partial charge on any atom is 0.227 e. The second-order valence-electron chi connectivity index (χ2n) is 6.30. The van der Waals surface area contributed by atoms with E-state index in [4.69, 9.17) is 16.3 Å². The summed E-state index contributed by atoms with van der Waals surface area (Å²) in [7, 11) is 0. The first-order valence-electron chi connectivity index (χ1n) is 8.05. The molecule has 1 aliphatic carbocycles. The van der Waals surface area contributed by atoms with Crippen molar-refractivity contribution in [3.63, 3.8) is 0 Å². The highest BCUT2D eigenvalue weighted by Gasteiger charge is 2.39. The summed E-state index contributed by atoms with van der Waals surface area (Å²) in [5.74, 6) is -0.390. The second-order valence-corrected chi connectivity index (χ2v) is 6.71. The number of hydrogen-bond acceptors (Lipinski definition) is 3. The highest BCUT2D eigenvalue weighted by Crippen LogP contribution is 2.32. The van der Waals surface area contributed by atoms with Crippen molar-refractivity contribution in [2.45, 2.75) is 37.8 Å². The van der Waals surface area contributed by atoms with Crippen LogP contribution in [0.3, 0.4) is 0 Å². The SMILES string of the molecule is O=C(Cc1ccc(F)cc1Cl)N1CCOC[C@@H]1[C@@H]1CCC[C@H]1O. The molecule has 0 bridgehead atoms. The van der Waals surface area contributed by atoms with Gasteiger partial charge in [0.15, 0.2) is 0 Å². The lowest BCUT2D eigenvalue weighted by Crippen LogP contribution is -2.54. The lowest BCUT2D eigenvalue weighted by Gasteiger charge is -2.40. The third kappa shape index (κ3) is 3.67. The smallest absolute Gasteiger partial charge is 0.227 e. The molecule has 0 radical (unpaired) electrons. The number of morpholine rings is 1. The van der Waals surface area contributed by atoms with Crippen molar-refractivity contribution in [3.8, 4) is 0 Å². The molecule has 1 N–H and O–H groups in total. The van der Waals surface area contributed by atoms with Crippen molar-refractivity contribution in [2.24, 2.45) is 5.92 Å². The molecule has 4 nitrogen and oxygen atoms in total. The first-order valence-corrected chi connectivity index (χ1v) is 8.43. The lowest BCUT2D eigenvalue weighted by molar-refractivity contribution is -0.143. The van der Waals surface area contributed by atoms with E-state index >= 15 is 0 Å². The van der Waals surface area contributed by atoms with Crippen LogP contribution in [0.4, 0.5) is 4.39 Å². The Morgan fingerprint density at radius 1 is 1.43 bits per heavy atom. The van der Waals surface area contributed by atoms with Gasteiger partial charge < -0.3 is 14.7 Å². The first-order chi connectivity index (χ1) is 11.1. The van der Waals surface area contributed by atoms with Gasteiger partial charge in [0, 0.05) is 17.5 Å². The zero-order valence-corrected chi connectivity index (χ0v) is 13.6. The molecule has 3 atom stereocenters. The highest BCUT2D eigenvalue weighted by atomic mass is 35.5. The topological polar surface area (TPSA) is 49.8 Å². The molecular weight excluding hydrogens is 321 g/mol. The molecule has 0 aromatic heterocycles. The molecular formula is C17H21ClFNO3. The Kier molecular flexibility index (Phi) is 5.19. The molecule has 0 unspecified atom stereocenters. The zero-order chi connectivity index (χ0) is 16.4. The minimum Gasteiger partial charge on any atom is -0.393 e. The fourth-order valence-corrected chi connectivity index (χ4v) is 3.87. The summed E-state index contributed by atoms with van der Waals surface area (Å²) in [5.41, 5.74) is 0.621. The van der Waals surface area contributed by atoms with Gasteiger partial charge in [-0.2, -0.15) is 0 Å². The molecule has 126 valence electrons. The largest absolute Gasteiger partial charge is 0.393 e. The van der Waals surface area contributed by atoms with E-state index in [0.717, 1.165) is 19.3 Å². The summed E-state index contributed by atoms with van der Waals surface area (Å²) in [5, 5.41) is 10.4. The molecule has 1 saturated heterocycles. The van der Waals surface area contributed by atoms with Crippen LogP contribution in [0.2, 0.25) is 5.02 Å². The van der Waals surface area contributed by atoms with E-state index in [1.165, 1.54) is 12.1 Å². The number of carbonyl (C=O) groups is 1. The fourth-order valence-electron chi connectivity index (χ4n) is 3.63. The number of hydrogen-bond donors (Lipinski definition) is 1. The molecule has 1 aromatic rings. The summed E-state index contributed by atoms with van der Waals surface area (Å²) >= 11 is 6.02. The van der Waals surface area contributed by atoms with Crippen LogP contribution in [-0.4, -0.2) is 47.8 Å². The van der Waals surface area contributed by atoms with Crippen molar-refractivity contribution in [3.05, 3.63) is 34.6 Å². The Bertz CT molecular complexity index is 583. The number of ether oxygens (including phenoxy) is 1. The van der Waals surface area contributed by atoms with Gasteiger partial charge >= 0.3 is 0 Å². The van der Waals surface area contributed by atoms with Gasteiger partial charge in [0.25, 0.3) is 0 Å². The number of rotatable bonds is 3. The van der Waals surface area contributed by atoms with Crippen LogP contribution in [0.5, 0.6) is 0 Å². The van der Waals surface area contributed by atoms with Gasteiger partial charge in [0.1, 0.15) is 5.82 Å². The third-order valence-corrected chi connectivity index (χ3v) is 5.22. The van der Waals surface area contributed by atoms with Crippen molar-refractivity contribution in [2.75, 3.05) is 19.8 Å². The fraction of sp³-hybridized carbons (Fsp3) is 0.588. The maximum atomic E-state index is 13.1. The summed E-state index contributed by atoms with van der Waals surface area (Å²) in [4.78, 5) is 14.5. The summed E-state index contributed by atoms with van der Waals surface area (Å²) < 4.78 is 18.7. The number of aliphatic hydroxyl groups excluding tert-OH is 1. The average molecular weight is 342 g/mol. The molecule has 1 aromatic carbocycles. The van der Waals surface area contributed by atoms with E-state index < -0.39 is 5.82 Å². The van der Waals surface area contributed by atoms with Gasteiger partial charge in [-0.15, -0.1) is 0 Å². The van der Waals surface area contributed by atoms with Gasteiger partial charge in [-0.25, -0.2) is 4.39 Å². The predicted molar refractivity (Wildman–Crippen MR) is 84.8 cm³/mol. The average Bonchev–Trinajstić information content (AvgIpc) is 2.96. The Labute approximate surface area is 140 Å². The standard InChI is InChI=1S/C17H21ClFNO3/c18-14-9-12(19)5-4-11(14)8-17(22)20-6-7-23-10-15(20)13-2-1-3-16(13)21/h4-5,9,13,15-16,21H,1-3,6-8,10H2/t13-,15+,16+/m0/s1. The minimum atomic E-state index is -0.412. The molecule has 1 amide bonds. The second kappa shape index (κ2) is 7.16. The molecule has 2 fully saturated rings. The van der Waals surface area contributed by atoms with E-state index in [2.05, 4.69) is 0 Å². The molecule has 6 heteroatoms. The quantitative estimate of drug-likeness (QED) is 0.918. The lowest BCUT2D eigenvalue weighted by atomic mass is 9.93. The van der Waals surface area contributed by atoms with E-state index in [1.807, 2.05) is 4.90 Å². The molecule has 2 aliphatic rings. The molecule has 1 heterocycles. The Morgan fingerprint density at radius 3 is 2.96 bits per heavy atom. The van der Waals surface area contributed by atoms with Crippen molar-refractivity contribution in [1.82, 2.24) is 4.90 Å². The highest BCUT2D eigenvalue weighted by molar-refractivity contribution is 6.31. The maximum absolute atomic E-state index is 13.1. The van der Waals surface area contributed by atoms with Gasteiger partial charge in [0.05, 0.1) is 31.8 Å². The van der Waals surface area contributed by atoms with Crippen LogP contribution in [0.25, 0.3) is 0 Å². The Balaban J connectivity index is 1.73. The molecule has 1 saturated carbocycles. The number of amides is 1. The number of carbonyl (C=O) groups excluding carboxylic acids is 1. The Morgan fingerprint density at radius 2 is 2.26 bits per heavy atom. The van der Waals surface area contributed by atoms with Crippen LogP contribution in [-0.2, 0) is 16.0 Å². The predicted octanol–water partition coefficient (Wildman–Crippen LogP) is 2.41. The number of halogens is 2. The van der Waals surface area contributed by atoms with Crippen molar-refractivity contribution < 1.29 is 19.0 Å². The minimum absolute atomic E-state index is 0.0501. The first kappa shape index (κ1) is 16.7. The summed E-state index contributed by atoms with van der Waals surface area (Å²) in [6.07, 6.45) is 2.45. The molecule has 1 aliphatic heterocycles. The van der Waals surface area contributed by atoms with Gasteiger partial charge in [-0.3, -0.25) is 4.79 Å². The van der Waals surface area contributed by atoms with Crippen molar-refractivity contribution in [1.29, 1.82) is 0 Å². The van der Waals surface area contributed by atoms with E-state index in [-0.39, 0.29) is 35.4 Å². The van der Waals surface area contributed by atoms with Crippen LogP contribution in [0, 0.1) is 11.7 Å². The van der Waals surface area contributed by atoms with Crippen LogP contribution >= 0.6 is 11.6 Å². The van der Waals surface area contributed by atoms with Crippen LogP contribution < -0.4 is 0 Å². The summed E-state index contributed by atoms with van der Waals surface area (Å²) in [6.45, 7) is 1.48. The Hall–Kier alpha value is -1.17. The molecule has 3 rings (SSSR count).